The predicted octanol–water partition coefficient (Wildman–Crippen LogP) is -0.225. The Balaban J connectivity index is 1.67. The summed E-state index contributed by atoms with van der Waals surface area (Å²) in [6.07, 6.45) is 0.109. The third-order valence-electron chi connectivity index (χ3n) is 4.05. The molecule has 1 aromatic carbocycles. The Kier molecular flexibility index (Phi) is 8.30. The number of benzene rings is 1. The number of hydrogen-bond acceptors (Lipinski definition) is 6. The third kappa shape index (κ3) is 6.91. The molecular weight excluding hydrogens is 356 g/mol. The molecule has 0 radical (unpaired) electrons. The highest BCUT2D eigenvalue weighted by Gasteiger charge is 2.14. The highest BCUT2D eigenvalue weighted by Crippen LogP contribution is 2.15. The van der Waals surface area contributed by atoms with Gasteiger partial charge in [0.15, 0.2) is 0 Å². The van der Waals surface area contributed by atoms with E-state index in [0.29, 0.717) is 18.9 Å². The zero-order chi connectivity index (χ0) is 18.8. The lowest BCUT2D eigenvalue weighted by molar-refractivity contribution is -0.120. The number of hydrogen-bond donors (Lipinski definition) is 3. The number of rotatable bonds is 10. The average Bonchev–Trinajstić information content (AvgIpc) is 2.63. The van der Waals surface area contributed by atoms with E-state index < -0.39 is 10.0 Å². The highest BCUT2D eigenvalue weighted by molar-refractivity contribution is 7.89. The van der Waals surface area contributed by atoms with Crippen LogP contribution in [0.4, 0.5) is 0 Å². The van der Waals surface area contributed by atoms with Gasteiger partial charge in [0.05, 0.1) is 11.5 Å². The standard InChI is InChI=1S/C17H28N4O4S/c1-2-25-15-3-5-16(6-4-15)26(23,24)20-8-7-17(22)19-11-14-21-12-9-18-10-13-21/h3-6,18,20H,2,7-14H2,1H3,(H,19,22). The number of ether oxygens (including phenoxy) is 1. The molecule has 3 N–H and O–H groups in total. The van der Waals surface area contributed by atoms with Crippen LogP contribution in [0.1, 0.15) is 13.3 Å². The van der Waals surface area contributed by atoms with Crippen LogP contribution in [0.15, 0.2) is 29.2 Å². The molecule has 0 aromatic heterocycles. The van der Waals surface area contributed by atoms with Gasteiger partial charge in [-0.15, -0.1) is 0 Å². The average molecular weight is 385 g/mol. The van der Waals surface area contributed by atoms with Crippen LogP contribution in [-0.4, -0.2) is 71.6 Å². The molecule has 0 aliphatic carbocycles. The van der Waals surface area contributed by atoms with Gasteiger partial charge in [0.1, 0.15) is 5.75 Å². The van der Waals surface area contributed by atoms with Crippen LogP contribution >= 0.6 is 0 Å². The van der Waals surface area contributed by atoms with Gasteiger partial charge in [-0.2, -0.15) is 0 Å². The van der Waals surface area contributed by atoms with Gasteiger partial charge in [0.2, 0.25) is 15.9 Å². The van der Waals surface area contributed by atoms with E-state index in [2.05, 4.69) is 20.3 Å². The van der Waals surface area contributed by atoms with Crippen molar-refractivity contribution in [2.45, 2.75) is 18.2 Å². The number of sulfonamides is 1. The number of nitrogens with zero attached hydrogens (tertiary/aromatic N) is 1. The third-order valence-corrected chi connectivity index (χ3v) is 5.53. The normalized spacial score (nSPS) is 15.6. The van der Waals surface area contributed by atoms with Crippen LogP contribution < -0.4 is 20.1 Å². The van der Waals surface area contributed by atoms with Crippen LogP contribution in [0, 0.1) is 0 Å². The van der Waals surface area contributed by atoms with Gasteiger partial charge in [-0.25, -0.2) is 13.1 Å². The molecule has 8 nitrogen and oxygen atoms in total. The first kappa shape index (κ1) is 20.6. The minimum atomic E-state index is -3.63. The first-order chi connectivity index (χ1) is 12.5. The Hall–Kier alpha value is -1.68. The number of nitrogens with one attached hydrogen (secondary N) is 3. The van der Waals surface area contributed by atoms with E-state index in [9.17, 15) is 13.2 Å². The zero-order valence-corrected chi connectivity index (χ0v) is 16.0. The lowest BCUT2D eigenvalue weighted by Gasteiger charge is -2.27. The van der Waals surface area contributed by atoms with Crippen LogP contribution in [0.3, 0.4) is 0 Å². The van der Waals surface area contributed by atoms with Crippen molar-refractivity contribution >= 4 is 15.9 Å². The van der Waals surface area contributed by atoms with E-state index >= 15 is 0 Å². The fourth-order valence-electron chi connectivity index (χ4n) is 2.64. The molecule has 1 saturated heterocycles. The molecule has 2 rings (SSSR count). The van der Waals surface area contributed by atoms with Gasteiger partial charge in [0.25, 0.3) is 0 Å². The maximum atomic E-state index is 12.2. The summed E-state index contributed by atoms with van der Waals surface area (Å²) in [5.41, 5.74) is 0. The summed E-state index contributed by atoms with van der Waals surface area (Å²) >= 11 is 0. The first-order valence-electron chi connectivity index (χ1n) is 8.93. The van der Waals surface area contributed by atoms with Crippen molar-refractivity contribution in [2.24, 2.45) is 0 Å². The fraction of sp³-hybridized carbons (Fsp3) is 0.588. The number of amides is 1. The molecule has 1 heterocycles. The van der Waals surface area contributed by atoms with Gasteiger partial charge in [0, 0.05) is 52.2 Å². The van der Waals surface area contributed by atoms with Gasteiger partial charge in [-0.3, -0.25) is 9.69 Å². The number of carbonyl (C=O) groups is 1. The molecule has 0 bridgehead atoms. The monoisotopic (exact) mass is 384 g/mol. The van der Waals surface area contributed by atoms with E-state index in [1.54, 1.807) is 12.1 Å². The molecule has 26 heavy (non-hydrogen) atoms. The lowest BCUT2D eigenvalue weighted by Crippen LogP contribution is -2.46. The maximum absolute atomic E-state index is 12.2. The second kappa shape index (κ2) is 10.5. The maximum Gasteiger partial charge on any atom is 0.240 e. The molecule has 0 unspecified atom stereocenters. The smallest absolute Gasteiger partial charge is 0.240 e. The Morgan fingerprint density at radius 1 is 1.19 bits per heavy atom. The molecule has 0 atom stereocenters. The Bertz CT molecular complexity index is 658. The minimum Gasteiger partial charge on any atom is -0.494 e. The van der Waals surface area contributed by atoms with E-state index in [0.717, 1.165) is 32.7 Å². The van der Waals surface area contributed by atoms with Crippen molar-refractivity contribution in [3.05, 3.63) is 24.3 Å². The second-order valence-electron chi connectivity index (χ2n) is 5.99. The molecular formula is C17H28N4O4S. The zero-order valence-electron chi connectivity index (χ0n) is 15.2. The summed E-state index contributed by atoms with van der Waals surface area (Å²) in [6, 6.07) is 6.20. The van der Waals surface area contributed by atoms with Crippen molar-refractivity contribution in [1.29, 1.82) is 0 Å². The summed E-state index contributed by atoms with van der Waals surface area (Å²) in [5, 5.41) is 6.10. The largest absolute Gasteiger partial charge is 0.494 e. The quantitative estimate of drug-likeness (QED) is 0.516. The minimum absolute atomic E-state index is 0.0645. The van der Waals surface area contributed by atoms with Gasteiger partial charge < -0.3 is 15.4 Å². The van der Waals surface area contributed by atoms with Crippen molar-refractivity contribution in [2.75, 3.05) is 52.4 Å². The molecule has 9 heteroatoms. The first-order valence-corrected chi connectivity index (χ1v) is 10.4. The van der Waals surface area contributed by atoms with Gasteiger partial charge in [-0.1, -0.05) is 0 Å². The van der Waals surface area contributed by atoms with Crippen LogP contribution in [-0.2, 0) is 14.8 Å². The lowest BCUT2D eigenvalue weighted by atomic mass is 10.3. The summed E-state index contributed by atoms with van der Waals surface area (Å²) < 4.78 is 32.2. The second-order valence-corrected chi connectivity index (χ2v) is 7.76. The summed E-state index contributed by atoms with van der Waals surface area (Å²) in [7, 11) is -3.63. The van der Waals surface area contributed by atoms with Gasteiger partial charge >= 0.3 is 0 Å². The van der Waals surface area contributed by atoms with Gasteiger partial charge in [-0.05, 0) is 31.2 Å². The topological polar surface area (TPSA) is 99.8 Å². The molecule has 1 amide bonds. The molecule has 0 spiro atoms. The SMILES string of the molecule is CCOc1ccc(S(=O)(=O)NCCC(=O)NCCN2CCNCC2)cc1. The van der Waals surface area contributed by atoms with Crippen LogP contribution in [0.5, 0.6) is 5.75 Å². The van der Waals surface area contributed by atoms with E-state index in [4.69, 9.17) is 4.74 Å². The van der Waals surface area contributed by atoms with Crippen molar-refractivity contribution in [1.82, 2.24) is 20.3 Å². The highest BCUT2D eigenvalue weighted by atomic mass is 32.2. The Labute approximate surface area is 155 Å². The molecule has 1 aromatic rings. The fourth-order valence-corrected chi connectivity index (χ4v) is 3.67. The summed E-state index contributed by atoms with van der Waals surface area (Å²) in [6.45, 7) is 7.75. The van der Waals surface area contributed by atoms with E-state index in [1.807, 2.05) is 6.92 Å². The summed E-state index contributed by atoms with van der Waals surface area (Å²) in [5.74, 6) is 0.463. The molecule has 0 saturated carbocycles. The summed E-state index contributed by atoms with van der Waals surface area (Å²) in [4.78, 5) is 14.3. The molecule has 146 valence electrons. The van der Waals surface area contributed by atoms with Crippen molar-refractivity contribution in [3.63, 3.8) is 0 Å². The van der Waals surface area contributed by atoms with Crippen LogP contribution in [0.25, 0.3) is 0 Å². The van der Waals surface area contributed by atoms with Crippen molar-refractivity contribution < 1.29 is 17.9 Å². The Morgan fingerprint density at radius 2 is 1.88 bits per heavy atom. The predicted molar refractivity (Wildman–Crippen MR) is 99.7 cm³/mol. The van der Waals surface area contributed by atoms with Crippen molar-refractivity contribution in [3.8, 4) is 5.75 Å². The van der Waals surface area contributed by atoms with E-state index in [1.165, 1.54) is 12.1 Å². The molecule has 1 fully saturated rings. The molecule has 1 aliphatic rings. The Morgan fingerprint density at radius 3 is 2.54 bits per heavy atom. The number of piperazine rings is 1. The molecule has 1 aliphatic heterocycles. The van der Waals surface area contributed by atoms with Crippen LogP contribution in [0.2, 0.25) is 0 Å². The van der Waals surface area contributed by atoms with E-state index in [-0.39, 0.29) is 23.8 Å². The number of carbonyl (C=O) groups excluding carboxylic acids is 1.